The van der Waals surface area contributed by atoms with E-state index < -0.39 is 5.97 Å². The van der Waals surface area contributed by atoms with E-state index in [2.05, 4.69) is 0 Å². The molecule has 1 fully saturated rings. The fourth-order valence-electron chi connectivity index (χ4n) is 2.70. The normalized spacial score (nSPS) is 15.9. The molecule has 8 heteroatoms. The van der Waals surface area contributed by atoms with Crippen molar-refractivity contribution in [1.29, 1.82) is 0 Å². The largest absolute Gasteiger partial charge is 0.481 e. The minimum absolute atomic E-state index is 0.0605. The Morgan fingerprint density at radius 1 is 1.21 bits per heavy atom. The number of carboxylic acid groups (broad SMARTS) is 1. The summed E-state index contributed by atoms with van der Waals surface area (Å²) in [6, 6.07) is 3.72. The van der Waals surface area contributed by atoms with Gasteiger partial charge in [0.2, 0.25) is 5.91 Å². The smallest absolute Gasteiger partial charge is 0.409 e. The van der Waals surface area contributed by atoms with Gasteiger partial charge in [0.15, 0.2) is 0 Å². The van der Waals surface area contributed by atoms with E-state index in [-0.39, 0.29) is 30.8 Å². The Morgan fingerprint density at radius 2 is 1.88 bits per heavy atom. The average Bonchev–Trinajstić information content (AvgIpc) is 3.08. The third-order valence-corrected chi connectivity index (χ3v) is 4.98. The van der Waals surface area contributed by atoms with Gasteiger partial charge in [0, 0.05) is 43.4 Å². The summed E-state index contributed by atoms with van der Waals surface area (Å²) < 4.78 is 4.95. The van der Waals surface area contributed by atoms with Crippen LogP contribution in [-0.2, 0) is 14.3 Å². The predicted octanol–water partition coefficient (Wildman–Crippen LogP) is 2.00. The van der Waals surface area contributed by atoms with E-state index >= 15 is 0 Å². The number of nitrogens with zero attached hydrogens (tertiary/aromatic N) is 2. The van der Waals surface area contributed by atoms with Crippen molar-refractivity contribution in [1.82, 2.24) is 9.80 Å². The molecule has 0 aromatic carbocycles. The second-order valence-corrected chi connectivity index (χ2v) is 6.56. The lowest BCUT2D eigenvalue weighted by Crippen LogP contribution is -2.50. The van der Waals surface area contributed by atoms with Crippen molar-refractivity contribution in [3.63, 3.8) is 0 Å². The Labute approximate surface area is 144 Å². The zero-order chi connectivity index (χ0) is 17.5. The lowest BCUT2D eigenvalue weighted by Gasteiger charge is -2.34. The Morgan fingerprint density at radius 3 is 2.42 bits per heavy atom. The van der Waals surface area contributed by atoms with Gasteiger partial charge in [-0.3, -0.25) is 9.59 Å². The number of amides is 2. The van der Waals surface area contributed by atoms with Crippen LogP contribution in [0.5, 0.6) is 0 Å². The number of ether oxygens (including phenoxy) is 1. The molecule has 7 nitrogen and oxygen atoms in total. The fourth-order valence-corrected chi connectivity index (χ4v) is 3.53. The molecule has 2 amide bonds. The third-order valence-electron chi connectivity index (χ3n) is 3.95. The number of carbonyl (C=O) groups excluding carboxylic acids is 2. The zero-order valence-electron chi connectivity index (χ0n) is 13.6. The quantitative estimate of drug-likeness (QED) is 0.844. The van der Waals surface area contributed by atoms with Crippen molar-refractivity contribution in [2.45, 2.75) is 25.7 Å². The van der Waals surface area contributed by atoms with E-state index in [1.54, 1.807) is 16.7 Å². The molecule has 0 spiro atoms. The van der Waals surface area contributed by atoms with Gasteiger partial charge >= 0.3 is 12.1 Å². The zero-order valence-corrected chi connectivity index (χ0v) is 14.5. The van der Waals surface area contributed by atoms with Crippen molar-refractivity contribution in [3.05, 3.63) is 22.4 Å². The van der Waals surface area contributed by atoms with Crippen molar-refractivity contribution in [2.75, 3.05) is 32.8 Å². The first-order valence-electron chi connectivity index (χ1n) is 7.96. The fraction of sp³-hybridized carbons (Fsp3) is 0.562. The molecule has 1 aromatic rings. The van der Waals surface area contributed by atoms with Crippen LogP contribution in [0.2, 0.25) is 0 Å². The van der Waals surface area contributed by atoms with Crippen LogP contribution >= 0.6 is 11.3 Å². The number of rotatable bonds is 6. The molecule has 1 aliphatic rings. The summed E-state index contributed by atoms with van der Waals surface area (Å²) in [4.78, 5) is 39.4. The summed E-state index contributed by atoms with van der Waals surface area (Å²) in [7, 11) is 0. The summed E-state index contributed by atoms with van der Waals surface area (Å²) in [5.41, 5.74) is 0. The third kappa shape index (κ3) is 4.95. The highest BCUT2D eigenvalue weighted by Gasteiger charge is 2.27. The van der Waals surface area contributed by atoms with Gasteiger partial charge < -0.3 is 19.6 Å². The minimum Gasteiger partial charge on any atom is -0.481 e. The van der Waals surface area contributed by atoms with Crippen LogP contribution < -0.4 is 0 Å². The van der Waals surface area contributed by atoms with Crippen LogP contribution in [-0.4, -0.2) is 65.7 Å². The Hall–Kier alpha value is -2.09. The summed E-state index contributed by atoms with van der Waals surface area (Å²) in [6.07, 6.45) is -0.242. The molecule has 2 rings (SSSR count). The molecule has 0 aliphatic carbocycles. The topological polar surface area (TPSA) is 87.2 Å². The second kappa shape index (κ2) is 8.68. The maximum absolute atomic E-state index is 12.5. The van der Waals surface area contributed by atoms with Crippen LogP contribution in [0.1, 0.15) is 30.6 Å². The highest BCUT2D eigenvalue weighted by Crippen LogP contribution is 2.28. The molecule has 132 valence electrons. The lowest BCUT2D eigenvalue weighted by molar-refractivity contribution is -0.138. The molecule has 1 aromatic heterocycles. The van der Waals surface area contributed by atoms with Gasteiger partial charge in [-0.15, -0.1) is 11.3 Å². The Kier molecular flexibility index (Phi) is 6.60. The molecule has 0 radical (unpaired) electrons. The molecule has 0 bridgehead atoms. The van der Waals surface area contributed by atoms with Gasteiger partial charge in [-0.2, -0.15) is 0 Å². The molecule has 1 saturated heterocycles. The Bertz CT molecular complexity index is 567. The highest BCUT2D eigenvalue weighted by molar-refractivity contribution is 7.10. The first-order chi connectivity index (χ1) is 11.5. The van der Waals surface area contributed by atoms with Gasteiger partial charge in [0.05, 0.1) is 13.0 Å². The average molecular weight is 354 g/mol. The van der Waals surface area contributed by atoms with Crippen molar-refractivity contribution in [3.8, 4) is 0 Å². The maximum atomic E-state index is 12.5. The highest BCUT2D eigenvalue weighted by atomic mass is 32.1. The van der Waals surface area contributed by atoms with Gasteiger partial charge in [-0.25, -0.2) is 4.79 Å². The molecular formula is C16H22N2O5S. The monoisotopic (exact) mass is 354 g/mol. The van der Waals surface area contributed by atoms with Gasteiger partial charge in [0.1, 0.15) is 0 Å². The first kappa shape index (κ1) is 18.3. The van der Waals surface area contributed by atoms with Crippen LogP contribution in [0.25, 0.3) is 0 Å². The standard InChI is InChI=1S/C16H22N2O5S/c1-2-23-16(22)18-7-5-17(6-8-18)14(19)10-12(11-15(20)21)13-4-3-9-24-13/h3-4,9,12H,2,5-8,10-11H2,1H3,(H,20,21). The minimum atomic E-state index is -0.909. The van der Waals surface area contributed by atoms with E-state index in [9.17, 15) is 14.4 Å². The number of hydrogen-bond donors (Lipinski definition) is 1. The van der Waals surface area contributed by atoms with Crippen molar-refractivity contribution in [2.24, 2.45) is 0 Å². The molecular weight excluding hydrogens is 332 g/mol. The number of carboxylic acids is 1. The van der Waals surface area contributed by atoms with Crippen LogP contribution in [0, 0.1) is 0 Å². The lowest BCUT2D eigenvalue weighted by atomic mass is 9.98. The molecule has 1 N–H and O–H groups in total. The summed E-state index contributed by atoms with van der Waals surface area (Å²) in [5, 5.41) is 11.0. The van der Waals surface area contributed by atoms with Crippen molar-refractivity contribution >= 4 is 29.3 Å². The molecule has 24 heavy (non-hydrogen) atoms. The summed E-state index contributed by atoms with van der Waals surface area (Å²) in [6.45, 7) is 3.85. The number of hydrogen-bond acceptors (Lipinski definition) is 5. The van der Waals surface area contributed by atoms with Gasteiger partial charge in [-0.05, 0) is 18.4 Å². The molecule has 1 atom stereocenters. The second-order valence-electron chi connectivity index (χ2n) is 5.58. The van der Waals surface area contributed by atoms with Crippen LogP contribution in [0.15, 0.2) is 17.5 Å². The summed E-state index contributed by atoms with van der Waals surface area (Å²) in [5.74, 6) is -1.29. The van der Waals surface area contributed by atoms with Gasteiger partial charge in [0.25, 0.3) is 0 Å². The molecule has 2 heterocycles. The van der Waals surface area contributed by atoms with Crippen LogP contribution in [0.3, 0.4) is 0 Å². The van der Waals surface area contributed by atoms with Gasteiger partial charge in [-0.1, -0.05) is 6.07 Å². The van der Waals surface area contributed by atoms with Crippen LogP contribution in [0.4, 0.5) is 4.79 Å². The number of carbonyl (C=O) groups is 3. The number of thiophene rings is 1. The van der Waals surface area contributed by atoms with E-state index in [1.807, 2.05) is 17.5 Å². The van der Waals surface area contributed by atoms with E-state index in [0.717, 1.165) is 4.88 Å². The van der Waals surface area contributed by atoms with E-state index in [0.29, 0.717) is 32.8 Å². The van der Waals surface area contributed by atoms with Crippen molar-refractivity contribution < 1.29 is 24.2 Å². The first-order valence-corrected chi connectivity index (χ1v) is 8.84. The Balaban J connectivity index is 1.89. The number of piperazine rings is 1. The number of aliphatic carboxylic acids is 1. The van der Waals surface area contributed by atoms with E-state index in [4.69, 9.17) is 9.84 Å². The molecule has 0 saturated carbocycles. The SMILES string of the molecule is CCOC(=O)N1CCN(C(=O)CC(CC(=O)O)c2cccs2)CC1. The summed E-state index contributed by atoms with van der Waals surface area (Å²) >= 11 is 1.47. The molecule has 1 aliphatic heterocycles. The maximum Gasteiger partial charge on any atom is 0.409 e. The van der Waals surface area contributed by atoms with E-state index in [1.165, 1.54) is 11.3 Å². The predicted molar refractivity (Wildman–Crippen MR) is 89.1 cm³/mol. The molecule has 1 unspecified atom stereocenters.